The summed E-state index contributed by atoms with van der Waals surface area (Å²) in [4.78, 5) is 4.81. The minimum absolute atomic E-state index is 0.0407. The maximum absolute atomic E-state index is 6.81. The molecule has 12 aromatic rings. The molecule has 5 heteroatoms. The number of fused-ring (bicyclic) bond motifs is 14. The molecule has 1 atom stereocenters. The van der Waals surface area contributed by atoms with Crippen LogP contribution in [0.1, 0.15) is 56.4 Å². The normalized spacial score (nSPS) is 16.4. The summed E-state index contributed by atoms with van der Waals surface area (Å²) in [5.74, 6) is 0. The topological polar surface area (TPSA) is 45.9 Å². The lowest BCUT2D eigenvalue weighted by Gasteiger charge is -2.37. The Balaban J connectivity index is 0.797. The second-order valence-corrected chi connectivity index (χ2v) is 20.8. The maximum Gasteiger partial charge on any atom is 0.137 e. The Labute approximate surface area is 411 Å². The fraction of sp³-hybridized carbons (Fsp3) is 0.121. The summed E-state index contributed by atoms with van der Waals surface area (Å²) >= 11 is 0. The molecule has 9 aromatic carbocycles. The molecule has 0 saturated carbocycles. The van der Waals surface area contributed by atoms with Crippen molar-refractivity contribution in [1.29, 1.82) is 0 Å². The van der Waals surface area contributed by atoms with Gasteiger partial charge in [0.25, 0.3) is 0 Å². The van der Waals surface area contributed by atoms with Gasteiger partial charge in [-0.2, -0.15) is 0 Å². The smallest absolute Gasteiger partial charge is 0.137 e. The minimum Gasteiger partial charge on any atom is -0.456 e. The first-order valence-electron chi connectivity index (χ1n) is 24.8. The van der Waals surface area contributed by atoms with Crippen LogP contribution in [0.5, 0.6) is 0 Å². The van der Waals surface area contributed by atoms with Crippen molar-refractivity contribution in [2.45, 2.75) is 51.0 Å². The Kier molecular flexibility index (Phi) is 8.24. The number of para-hydroxylation sites is 2. The Hall–Kier alpha value is -8.54. The van der Waals surface area contributed by atoms with Gasteiger partial charge in [0.05, 0.1) is 6.04 Å². The largest absolute Gasteiger partial charge is 0.456 e. The standard InChI is InChI=1S/C66H48N2O3/c1-65(2)55-21-13-11-19-45(55)47-27-23-41(31-57(47)65)67(39-15-7-5-8-16-39)43-25-29-49-51-35-63-53(37-61(51)69-59(49)33-43)54-38-62-52(36-64(54)71-63)50-30-26-44(34-60(50)70-62)68(40-17-9-6-10-18-40)42-24-28-48-46-20-12-14-22-56(46)66(3,4)58(48)32-42/h5-31,33-38,42H,32H2,1-4H3. The van der Waals surface area contributed by atoms with Gasteiger partial charge >= 0.3 is 0 Å². The summed E-state index contributed by atoms with van der Waals surface area (Å²) in [6.07, 6.45) is 5.68. The number of hydrogen-bond donors (Lipinski definition) is 0. The molecule has 3 aliphatic rings. The average Bonchev–Trinajstić information content (AvgIpc) is 4.16. The lowest BCUT2D eigenvalue weighted by molar-refractivity contribution is 0.585. The van der Waals surface area contributed by atoms with Crippen molar-refractivity contribution in [2.24, 2.45) is 0 Å². The van der Waals surface area contributed by atoms with Gasteiger partial charge in [0, 0.05) is 83.7 Å². The fourth-order valence-electron chi connectivity index (χ4n) is 12.7. The quantitative estimate of drug-likeness (QED) is 0.166. The first-order chi connectivity index (χ1) is 34.7. The molecule has 0 saturated heterocycles. The third-order valence-corrected chi connectivity index (χ3v) is 16.2. The summed E-state index contributed by atoms with van der Waals surface area (Å²) in [5, 5.41) is 6.14. The first kappa shape index (κ1) is 40.4. The molecule has 1 unspecified atom stereocenters. The third-order valence-electron chi connectivity index (χ3n) is 16.2. The molecule has 3 heterocycles. The van der Waals surface area contributed by atoms with Gasteiger partial charge in [-0.25, -0.2) is 0 Å². The minimum atomic E-state index is -0.115. The van der Waals surface area contributed by atoms with Crippen molar-refractivity contribution >= 4 is 99.8 Å². The number of nitrogens with zero attached hydrogens (tertiary/aromatic N) is 2. The van der Waals surface area contributed by atoms with Gasteiger partial charge in [0.2, 0.25) is 0 Å². The molecule has 71 heavy (non-hydrogen) atoms. The molecule has 0 N–H and O–H groups in total. The summed E-state index contributed by atoms with van der Waals surface area (Å²) < 4.78 is 20.3. The summed E-state index contributed by atoms with van der Waals surface area (Å²) in [6, 6.07) is 67.9. The van der Waals surface area contributed by atoms with Crippen molar-refractivity contribution in [2.75, 3.05) is 9.80 Å². The highest BCUT2D eigenvalue weighted by molar-refractivity contribution is 6.19. The monoisotopic (exact) mass is 916 g/mol. The first-order valence-corrected chi connectivity index (χ1v) is 24.8. The van der Waals surface area contributed by atoms with Crippen LogP contribution < -0.4 is 9.80 Å². The highest BCUT2D eigenvalue weighted by Gasteiger charge is 2.40. The van der Waals surface area contributed by atoms with Crippen LogP contribution in [0.15, 0.2) is 219 Å². The lowest BCUT2D eigenvalue weighted by atomic mass is 9.77. The number of anilines is 5. The predicted octanol–water partition coefficient (Wildman–Crippen LogP) is 18.4. The highest BCUT2D eigenvalue weighted by Crippen LogP contribution is 2.53. The van der Waals surface area contributed by atoms with Gasteiger partial charge in [0.1, 0.15) is 33.5 Å². The van der Waals surface area contributed by atoms with Crippen LogP contribution in [0.4, 0.5) is 28.4 Å². The Morgan fingerprint density at radius 1 is 0.380 bits per heavy atom. The molecule has 3 aliphatic carbocycles. The molecule has 0 spiro atoms. The van der Waals surface area contributed by atoms with E-state index in [1.54, 1.807) is 0 Å². The number of rotatable bonds is 6. The molecule has 3 aromatic heterocycles. The summed E-state index contributed by atoms with van der Waals surface area (Å²) in [6.45, 7) is 9.42. The molecule has 0 fully saturated rings. The zero-order valence-electron chi connectivity index (χ0n) is 40.0. The zero-order valence-corrected chi connectivity index (χ0v) is 40.0. The van der Waals surface area contributed by atoms with E-state index in [0.29, 0.717) is 0 Å². The molecular weight excluding hydrogens is 869 g/mol. The van der Waals surface area contributed by atoms with Gasteiger partial charge in [-0.05, 0) is 136 Å². The summed E-state index contributed by atoms with van der Waals surface area (Å²) in [5.41, 5.74) is 21.2. The fourth-order valence-corrected chi connectivity index (χ4v) is 12.7. The van der Waals surface area contributed by atoms with E-state index in [-0.39, 0.29) is 16.9 Å². The van der Waals surface area contributed by atoms with E-state index in [0.717, 1.165) is 101 Å². The number of furan rings is 3. The van der Waals surface area contributed by atoms with E-state index in [4.69, 9.17) is 13.3 Å². The van der Waals surface area contributed by atoms with Crippen LogP contribution in [0.25, 0.3) is 82.5 Å². The molecule has 0 radical (unpaired) electrons. The Morgan fingerprint density at radius 2 is 0.845 bits per heavy atom. The number of benzene rings is 9. The van der Waals surface area contributed by atoms with E-state index in [1.807, 2.05) is 0 Å². The van der Waals surface area contributed by atoms with Gasteiger partial charge < -0.3 is 23.1 Å². The van der Waals surface area contributed by atoms with Crippen LogP contribution in [-0.4, -0.2) is 6.04 Å². The van der Waals surface area contributed by atoms with Crippen LogP contribution >= 0.6 is 0 Å². The van der Waals surface area contributed by atoms with E-state index in [9.17, 15) is 0 Å². The zero-order chi connectivity index (χ0) is 47.3. The molecule has 15 rings (SSSR count). The molecular formula is C66H48N2O3. The van der Waals surface area contributed by atoms with Gasteiger partial charge in [0.15, 0.2) is 0 Å². The predicted molar refractivity (Wildman–Crippen MR) is 293 cm³/mol. The van der Waals surface area contributed by atoms with Crippen LogP contribution in [0.2, 0.25) is 0 Å². The molecule has 5 nitrogen and oxygen atoms in total. The van der Waals surface area contributed by atoms with E-state index >= 15 is 0 Å². The van der Waals surface area contributed by atoms with Crippen molar-refractivity contribution in [1.82, 2.24) is 0 Å². The average molecular weight is 917 g/mol. The Morgan fingerprint density at radius 3 is 1.48 bits per heavy atom. The Bertz CT molecular complexity index is 4280. The van der Waals surface area contributed by atoms with E-state index in [2.05, 4.69) is 238 Å². The van der Waals surface area contributed by atoms with Crippen molar-refractivity contribution in [3.05, 3.63) is 228 Å². The lowest BCUT2D eigenvalue weighted by Crippen LogP contribution is -2.33. The second-order valence-electron chi connectivity index (χ2n) is 20.8. The maximum atomic E-state index is 6.81. The molecule has 340 valence electrons. The van der Waals surface area contributed by atoms with Crippen LogP contribution in [0.3, 0.4) is 0 Å². The second kappa shape index (κ2) is 14.5. The summed E-state index contributed by atoms with van der Waals surface area (Å²) in [7, 11) is 0. The molecule has 0 amide bonds. The van der Waals surface area contributed by atoms with Crippen molar-refractivity contribution in [3.8, 4) is 11.1 Å². The number of hydrogen-bond acceptors (Lipinski definition) is 5. The van der Waals surface area contributed by atoms with Crippen LogP contribution in [0, 0.1) is 0 Å². The van der Waals surface area contributed by atoms with Gasteiger partial charge in [-0.1, -0.05) is 131 Å². The van der Waals surface area contributed by atoms with E-state index in [1.165, 1.54) is 44.5 Å². The molecule has 0 bridgehead atoms. The van der Waals surface area contributed by atoms with Gasteiger partial charge in [-0.15, -0.1) is 0 Å². The highest BCUT2D eigenvalue weighted by atomic mass is 16.3. The number of allylic oxidation sites excluding steroid dienone is 2. The molecule has 0 aliphatic heterocycles. The van der Waals surface area contributed by atoms with Crippen LogP contribution in [-0.2, 0) is 10.8 Å². The van der Waals surface area contributed by atoms with Crippen molar-refractivity contribution in [3.63, 3.8) is 0 Å². The van der Waals surface area contributed by atoms with Gasteiger partial charge in [-0.3, -0.25) is 0 Å². The third kappa shape index (κ3) is 5.81. The SMILES string of the molecule is CC1(C)C2=C(C=CC(N(c3ccccc3)c3ccc4c(c3)oc3cc5c(cc34)oc3cc4c(cc35)oc3cc(N(c5ccccc5)c5ccc6c(c5)C(C)(C)c5ccccc5-6)ccc34)C2)c2ccccc21. The van der Waals surface area contributed by atoms with E-state index < -0.39 is 0 Å². The van der Waals surface area contributed by atoms with Crippen molar-refractivity contribution < 1.29 is 13.3 Å².